The van der Waals surface area contributed by atoms with Crippen LogP contribution in [-0.2, 0) is 10.0 Å². The van der Waals surface area contributed by atoms with Gasteiger partial charge in [0.1, 0.15) is 10.6 Å². The van der Waals surface area contributed by atoms with Crippen molar-refractivity contribution in [1.29, 1.82) is 0 Å². The lowest BCUT2D eigenvalue weighted by Gasteiger charge is -2.08. The number of pyridine rings is 1. The minimum Gasteiger partial charge on any atom is -0.489 e. The fourth-order valence-corrected chi connectivity index (χ4v) is 1.66. The highest BCUT2D eigenvalue weighted by Gasteiger charge is 2.27. The van der Waals surface area contributed by atoms with Crippen molar-refractivity contribution in [2.75, 3.05) is 0 Å². The molecule has 0 radical (unpaired) electrons. The van der Waals surface area contributed by atoms with E-state index in [9.17, 15) is 12.8 Å². The molecule has 0 spiro atoms. The molecule has 0 unspecified atom stereocenters. The van der Waals surface area contributed by atoms with Gasteiger partial charge in [0.15, 0.2) is 0 Å². The second kappa shape index (κ2) is 3.42. The number of halogens is 1. The zero-order chi connectivity index (χ0) is 11.1. The molecule has 0 aromatic carbocycles. The summed E-state index contributed by atoms with van der Waals surface area (Å²) in [6, 6.07) is 0.929. The first-order valence-electron chi connectivity index (χ1n) is 4.32. The molecule has 0 bridgehead atoms. The normalized spacial score (nSPS) is 16.4. The van der Waals surface area contributed by atoms with Crippen molar-refractivity contribution < 1.29 is 17.5 Å². The Labute approximate surface area is 86.1 Å². The Morgan fingerprint density at radius 1 is 1.53 bits per heavy atom. The van der Waals surface area contributed by atoms with Gasteiger partial charge in [-0.3, -0.25) is 0 Å². The monoisotopic (exact) mass is 232 g/mol. The minimum atomic E-state index is -3.92. The zero-order valence-corrected chi connectivity index (χ0v) is 8.50. The van der Waals surface area contributed by atoms with Gasteiger partial charge in [-0.1, -0.05) is 0 Å². The average Bonchev–Trinajstić information content (AvgIpc) is 2.85. The molecule has 5 nitrogen and oxygen atoms in total. The molecule has 0 amide bonds. The van der Waals surface area contributed by atoms with Crippen molar-refractivity contribution in [1.82, 2.24) is 4.98 Å². The summed E-state index contributed by atoms with van der Waals surface area (Å²) in [4.78, 5) is 2.95. The molecule has 1 saturated carbocycles. The summed E-state index contributed by atoms with van der Waals surface area (Å²) in [5, 5.41) is 4.93. The summed E-state index contributed by atoms with van der Waals surface area (Å²) in [6.07, 6.45) is 2.51. The standard InChI is InChI=1S/C8H9FN2O3S/c9-8-3-6(14-5-1-2-5)7(4-11-8)15(10,12)13/h3-5H,1-2H2,(H2,10,12,13). The van der Waals surface area contributed by atoms with Crippen molar-refractivity contribution >= 4 is 10.0 Å². The number of nitrogens with zero attached hydrogens (tertiary/aromatic N) is 1. The van der Waals surface area contributed by atoms with Crippen LogP contribution in [0.15, 0.2) is 17.2 Å². The van der Waals surface area contributed by atoms with Gasteiger partial charge >= 0.3 is 0 Å². The summed E-state index contributed by atoms with van der Waals surface area (Å²) in [5.41, 5.74) is 0. The van der Waals surface area contributed by atoms with Crippen LogP contribution in [0.1, 0.15) is 12.8 Å². The highest BCUT2D eigenvalue weighted by Crippen LogP contribution is 2.30. The fraction of sp³-hybridized carbons (Fsp3) is 0.375. The lowest BCUT2D eigenvalue weighted by molar-refractivity contribution is 0.292. The van der Waals surface area contributed by atoms with Crippen LogP contribution in [0.5, 0.6) is 5.75 Å². The molecule has 2 N–H and O–H groups in total. The van der Waals surface area contributed by atoms with Gasteiger partial charge in [0, 0.05) is 6.07 Å². The van der Waals surface area contributed by atoms with E-state index in [0.717, 1.165) is 25.1 Å². The first kappa shape index (κ1) is 10.3. The molecule has 1 aromatic heterocycles. The smallest absolute Gasteiger partial charge is 0.243 e. The zero-order valence-electron chi connectivity index (χ0n) is 7.68. The summed E-state index contributed by atoms with van der Waals surface area (Å²) in [6.45, 7) is 0. The van der Waals surface area contributed by atoms with Gasteiger partial charge in [0.25, 0.3) is 0 Å². The van der Waals surface area contributed by atoms with Crippen LogP contribution in [0, 0.1) is 5.95 Å². The van der Waals surface area contributed by atoms with E-state index in [1.807, 2.05) is 0 Å². The molecule has 1 aromatic rings. The maximum absolute atomic E-state index is 12.8. The summed E-state index contributed by atoms with van der Waals surface area (Å²) in [5.74, 6) is -0.856. The van der Waals surface area contributed by atoms with Crippen LogP contribution in [0.3, 0.4) is 0 Å². The molecule has 7 heteroatoms. The Morgan fingerprint density at radius 2 is 2.20 bits per heavy atom. The lowest BCUT2D eigenvalue weighted by atomic mass is 10.4. The number of rotatable bonds is 3. The number of hydrogen-bond donors (Lipinski definition) is 1. The van der Waals surface area contributed by atoms with Crippen molar-refractivity contribution in [3.63, 3.8) is 0 Å². The van der Waals surface area contributed by atoms with Crippen molar-refractivity contribution in [2.45, 2.75) is 23.8 Å². The molecule has 1 aliphatic rings. The number of aromatic nitrogens is 1. The van der Waals surface area contributed by atoms with Crippen LogP contribution in [0.2, 0.25) is 0 Å². The van der Waals surface area contributed by atoms with Gasteiger partial charge in [0.2, 0.25) is 16.0 Å². The first-order valence-corrected chi connectivity index (χ1v) is 5.86. The molecule has 1 fully saturated rings. The van der Waals surface area contributed by atoms with Crippen molar-refractivity contribution in [3.05, 3.63) is 18.2 Å². The molecule has 82 valence electrons. The van der Waals surface area contributed by atoms with Gasteiger partial charge in [0.05, 0.1) is 12.3 Å². The molecular formula is C8H9FN2O3S. The Morgan fingerprint density at radius 3 is 2.73 bits per heavy atom. The molecular weight excluding hydrogens is 223 g/mol. The molecule has 0 saturated heterocycles. The maximum atomic E-state index is 12.8. The highest BCUT2D eigenvalue weighted by atomic mass is 32.2. The van der Waals surface area contributed by atoms with Gasteiger partial charge in [-0.05, 0) is 12.8 Å². The quantitative estimate of drug-likeness (QED) is 0.765. The van der Waals surface area contributed by atoms with Crippen LogP contribution in [-0.4, -0.2) is 19.5 Å². The SMILES string of the molecule is NS(=O)(=O)c1cnc(F)cc1OC1CC1. The predicted molar refractivity (Wildman–Crippen MR) is 49.2 cm³/mol. The Balaban J connectivity index is 2.43. The third-order valence-electron chi connectivity index (χ3n) is 1.92. The molecule has 1 aliphatic carbocycles. The number of primary sulfonamides is 1. The highest BCUT2D eigenvalue weighted by molar-refractivity contribution is 7.89. The minimum absolute atomic E-state index is 0.0349. The third kappa shape index (κ3) is 2.42. The molecule has 0 aliphatic heterocycles. The van der Waals surface area contributed by atoms with Crippen LogP contribution < -0.4 is 9.88 Å². The number of ether oxygens (including phenoxy) is 1. The third-order valence-corrected chi connectivity index (χ3v) is 2.84. The summed E-state index contributed by atoms with van der Waals surface area (Å²) >= 11 is 0. The lowest BCUT2D eigenvalue weighted by Crippen LogP contribution is -2.15. The number of sulfonamides is 1. The van der Waals surface area contributed by atoms with Gasteiger partial charge in [-0.15, -0.1) is 0 Å². The van der Waals surface area contributed by atoms with Crippen LogP contribution in [0.25, 0.3) is 0 Å². The van der Waals surface area contributed by atoms with Crippen LogP contribution in [0.4, 0.5) is 4.39 Å². The maximum Gasteiger partial charge on any atom is 0.243 e. The summed E-state index contributed by atoms with van der Waals surface area (Å²) in [7, 11) is -3.92. The van der Waals surface area contributed by atoms with E-state index in [2.05, 4.69) is 4.98 Å². The van der Waals surface area contributed by atoms with Gasteiger partial charge < -0.3 is 4.74 Å². The second-order valence-corrected chi connectivity index (χ2v) is 4.85. The van der Waals surface area contributed by atoms with Crippen molar-refractivity contribution in [2.24, 2.45) is 5.14 Å². The molecule has 1 heterocycles. The topological polar surface area (TPSA) is 82.3 Å². The van der Waals surface area contributed by atoms with E-state index >= 15 is 0 Å². The van der Waals surface area contributed by atoms with Gasteiger partial charge in [-0.2, -0.15) is 4.39 Å². The van der Waals surface area contributed by atoms with Crippen LogP contribution >= 0.6 is 0 Å². The average molecular weight is 232 g/mol. The fourth-order valence-electron chi connectivity index (χ4n) is 1.07. The van der Waals surface area contributed by atoms with Gasteiger partial charge in [-0.25, -0.2) is 18.5 Å². The Kier molecular flexibility index (Phi) is 2.35. The number of nitrogens with two attached hydrogens (primary N) is 1. The predicted octanol–water partition coefficient (Wildman–Crippen LogP) is 0.409. The Hall–Kier alpha value is -1.21. The summed E-state index contributed by atoms with van der Waals surface area (Å²) < 4.78 is 40.2. The van der Waals surface area contributed by atoms with E-state index in [-0.39, 0.29) is 16.7 Å². The molecule has 0 atom stereocenters. The number of hydrogen-bond acceptors (Lipinski definition) is 4. The second-order valence-electron chi connectivity index (χ2n) is 3.32. The van der Waals surface area contributed by atoms with E-state index < -0.39 is 16.0 Å². The van der Waals surface area contributed by atoms with E-state index in [1.54, 1.807) is 0 Å². The molecule has 2 rings (SSSR count). The van der Waals surface area contributed by atoms with Crippen molar-refractivity contribution in [3.8, 4) is 5.75 Å². The Bertz CT molecular complexity index is 485. The first-order chi connectivity index (χ1) is 6.97. The molecule has 15 heavy (non-hydrogen) atoms. The van der Waals surface area contributed by atoms with E-state index in [0.29, 0.717) is 0 Å². The largest absolute Gasteiger partial charge is 0.489 e. The van der Waals surface area contributed by atoms with E-state index in [4.69, 9.17) is 9.88 Å². The van der Waals surface area contributed by atoms with E-state index in [1.165, 1.54) is 0 Å².